The Morgan fingerprint density at radius 2 is 2.05 bits per heavy atom. The lowest BCUT2D eigenvalue weighted by Gasteiger charge is -2.01. The lowest BCUT2D eigenvalue weighted by Crippen LogP contribution is -2.15. The normalized spacial score (nSPS) is 10.4. The van der Waals surface area contributed by atoms with Crippen molar-refractivity contribution in [3.63, 3.8) is 0 Å². The van der Waals surface area contributed by atoms with Gasteiger partial charge in [-0.05, 0) is 12.1 Å². The van der Waals surface area contributed by atoms with Crippen molar-refractivity contribution in [3.8, 4) is 0 Å². The third-order valence-electron chi connectivity index (χ3n) is 2.55. The summed E-state index contributed by atoms with van der Waals surface area (Å²) in [6.45, 7) is 0. The van der Waals surface area contributed by atoms with E-state index >= 15 is 0 Å². The van der Waals surface area contributed by atoms with Crippen molar-refractivity contribution in [2.45, 2.75) is 0 Å². The van der Waals surface area contributed by atoms with Crippen LogP contribution in [0.3, 0.4) is 0 Å². The van der Waals surface area contributed by atoms with Crippen LogP contribution in [0.4, 0.5) is 10.9 Å². The number of nitrogens with zero attached hydrogens (tertiary/aromatic N) is 3. The fraction of sp³-hybridized carbons (Fsp3) is 0. The molecule has 0 fully saturated rings. The number of benzene rings is 1. The number of anilines is 2. The van der Waals surface area contributed by atoms with Gasteiger partial charge in [0.2, 0.25) is 0 Å². The average Bonchev–Trinajstić information content (AvgIpc) is 2.89. The third kappa shape index (κ3) is 2.42. The van der Waals surface area contributed by atoms with Crippen molar-refractivity contribution < 1.29 is 4.79 Å². The highest BCUT2D eigenvalue weighted by Crippen LogP contribution is 2.25. The van der Waals surface area contributed by atoms with Crippen LogP contribution in [0, 0.1) is 0 Å². The Bertz CT molecular complexity index is 721. The Hall–Kier alpha value is -2.58. The molecule has 2 aromatic heterocycles. The molecular formula is C12H10N6OS. The molecule has 2 heterocycles. The van der Waals surface area contributed by atoms with Crippen LogP contribution in [0.15, 0.2) is 36.7 Å². The van der Waals surface area contributed by atoms with E-state index < -0.39 is 0 Å². The van der Waals surface area contributed by atoms with Gasteiger partial charge in [-0.15, -0.1) is 0 Å². The number of nitrogen functional groups attached to an aromatic ring is 1. The molecule has 4 N–H and O–H groups in total. The van der Waals surface area contributed by atoms with E-state index in [1.54, 1.807) is 0 Å². The standard InChI is InChI=1S/C12H10N6OS/c13-18-10-6-14-8(5-15-10)11(19)17-12-16-7-3-1-2-4-9(7)20-12/h1-6H,13H2,(H,15,18)(H,16,17,19). The van der Waals surface area contributed by atoms with Crippen LogP contribution in [0.1, 0.15) is 10.5 Å². The van der Waals surface area contributed by atoms with E-state index in [0.717, 1.165) is 10.2 Å². The van der Waals surface area contributed by atoms with E-state index in [4.69, 9.17) is 5.84 Å². The molecule has 1 amide bonds. The molecule has 3 rings (SSSR count). The maximum absolute atomic E-state index is 12.0. The van der Waals surface area contributed by atoms with Gasteiger partial charge >= 0.3 is 0 Å². The molecule has 100 valence electrons. The Morgan fingerprint density at radius 3 is 2.75 bits per heavy atom. The Morgan fingerprint density at radius 1 is 1.20 bits per heavy atom. The van der Waals surface area contributed by atoms with Crippen LogP contribution in [0.5, 0.6) is 0 Å². The molecule has 0 saturated heterocycles. The van der Waals surface area contributed by atoms with Gasteiger partial charge in [0.05, 0.1) is 22.6 Å². The topological polar surface area (TPSA) is 106 Å². The largest absolute Gasteiger partial charge is 0.307 e. The van der Waals surface area contributed by atoms with E-state index in [9.17, 15) is 4.79 Å². The highest BCUT2D eigenvalue weighted by molar-refractivity contribution is 7.22. The first kappa shape index (κ1) is 12.5. The van der Waals surface area contributed by atoms with Gasteiger partial charge in [-0.3, -0.25) is 10.1 Å². The summed E-state index contributed by atoms with van der Waals surface area (Å²) in [6.07, 6.45) is 2.73. The smallest absolute Gasteiger partial charge is 0.277 e. The fourth-order valence-corrected chi connectivity index (χ4v) is 2.47. The number of hydrogen-bond donors (Lipinski definition) is 3. The number of amides is 1. The molecule has 0 radical (unpaired) electrons. The van der Waals surface area contributed by atoms with E-state index in [-0.39, 0.29) is 11.6 Å². The van der Waals surface area contributed by atoms with E-state index in [0.29, 0.717) is 10.9 Å². The summed E-state index contributed by atoms with van der Waals surface area (Å²) in [4.78, 5) is 24.2. The molecule has 0 bridgehead atoms. The zero-order chi connectivity index (χ0) is 13.9. The molecule has 0 aliphatic carbocycles. The zero-order valence-electron chi connectivity index (χ0n) is 10.2. The van der Waals surface area contributed by atoms with Crippen molar-refractivity contribution in [2.24, 2.45) is 5.84 Å². The molecule has 0 aliphatic heterocycles. The number of hydrazine groups is 1. The van der Waals surface area contributed by atoms with E-state index in [1.165, 1.54) is 23.7 Å². The number of rotatable bonds is 3. The Labute approximate surface area is 117 Å². The van der Waals surface area contributed by atoms with Crippen LogP contribution < -0.4 is 16.6 Å². The number of para-hydroxylation sites is 1. The quantitative estimate of drug-likeness (QED) is 0.499. The van der Waals surface area contributed by atoms with Gasteiger partial charge in [0.15, 0.2) is 10.9 Å². The molecule has 8 heteroatoms. The second-order valence-corrected chi connectivity index (χ2v) is 4.90. The summed E-state index contributed by atoms with van der Waals surface area (Å²) >= 11 is 1.40. The van der Waals surface area contributed by atoms with Crippen LogP contribution >= 0.6 is 11.3 Å². The number of thiazole rings is 1. The maximum Gasteiger partial charge on any atom is 0.277 e. The minimum absolute atomic E-state index is 0.197. The van der Waals surface area contributed by atoms with Crippen LogP contribution in [0.2, 0.25) is 0 Å². The number of carbonyl (C=O) groups excluding carboxylic acids is 1. The number of nitrogens with two attached hydrogens (primary N) is 1. The molecule has 3 aromatic rings. The highest BCUT2D eigenvalue weighted by Gasteiger charge is 2.11. The van der Waals surface area contributed by atoms with Crippen molar-refractivity contribution in [3.05, 3.63) is 42.4 Å². The van der Waals surface area contributed by atoms with Gasteiger partial charge in [0.1, 0.15) is 5.69 Å². The summed E-state index contributed by atoms with van der Waals surface area (Å²) in [5.41, 5.74) is 3.39. The molecule has 1 aromatic carbocycles. The predicted octanol–water partition coefficient (Wildman–Crippen LogP) is 1.62. The number of aromatic nitrogens is 3. The number of carbonyl (C=O) groups is 1. The van der Waals surface area contributed by atoms with Crippen molar-refractivity contribution in [2.75, 3.05) is 10.7 Å². The van der Waals surface area contributed by atoms with E-state index in [2.05, 4.69) is 25.7 Å². The van der Waals surface area contributed by atoms with Crippen LogP contribution in [-0.4, -0.2) is 20.9 Å². The minimum atomic E-state index is -0.361. The molecule has 0 spiro atoms. The summed E-state index contributed by atoms with van der Waals surface area (Å²) in [6, 6.07) is 7.67. The summed E-state index contributed by atoms with van der Waals surface area (Å²) in [5, 5.41) is 3.23. The first-order chi connectivity index (χ1) is 9.76. The first-order valence-corrected chi connectivity index (χ1v) is 6.53. The minimum Gasteiger partial charge on any atom is -0.307 e. The van der Waals surface area contributed by atoms with Crippen molar-refractivity contribution in [1.29, 1.82) is 0 Å². The molecule has 0 atom stereocenters. The van der Waals surface area contributed by atoms with Gasteiger partial charge < -0.3 is 5.43 Å². The molecule has 20 heavy (non-hydrogen) atoms. The Kier molecular flexibility index (Phi) is 3.23. The van der Waals surface area contributed by atoms with Crippen LogP contribution in [0.25, 0.3) is 10.2 Å². The SMILES string of the molecule is NNc1cnc(C(=O)Nc2nc3ccccc3s2)cn1. The van der Waals surface area contributed by atoms with Crippen LogP contribution in [-0.2, 0) is 0 Å². The van der Waals surface area contributed by atoms with E-state index in [1.807, 2.05) is 24.3 Å². The lowest BCUT2D eigenvalue weighted by molar-refractivity contribution is 0.102. The molecule has 7 nitrogen and oxygen atoms in total. The monoisotopic (exact) mass is 286 g/mol. The second-order valence-electron chi connectivity index (χ2n) is 3.87. The molecule has 0 unspecified atom stereocenters. The number of fused-ring (bicyclic) bond motifs is 1. The summed E-state index contributed by atoms with van der Waals surface area (Å²) in [5.74, 6) is 5.21. The number of nitrogens with one attached hydrogen (secondary N) is 2. The van der Waals surface area contributed by atoms with Gasteiger partial charge in [-0.1, -0.05) is 23.5 Å². The fourth-order valence-electron chi connectivity index (χ4n) is 1.61. The van der Waals surface area contributed by atoms with Gasteiger partial charge in [-0.25, -0.2) is 20.8 Å². The zero-order valence-corrected chi connectivity index (χ0v) is 11.0. The van der Waals surface area contributed by atoms with Gasteiger partial charge in [-0.2, -0.15) is 0 Å². The summed E-state index contributed by atoms with van der Waals surface area (Å²) < 4.78 is 1.01. The average molecular weight is 286 g/mol. The third-order valence-corrected chi connectivity index (χ3v) is 3.50. The first-order valence-electron chi connectivity index (χ1n) is 5.72. The molecular weight excluding hydrogens is 276 g/mol. The van der Waals surface area contributed by atoms with Gasteiger partial charge in [0.25, 0.3) is 5.91 Å². The lowest BCUT2D eigenvalue weighted by atomic mass is 10.3. The summed E-state index contributed by atoms with van der Waals surface area (Å²) in [7, 11) is 0. The maximum atomic E-state index is 12.0. The molecule has 0 aliphatic rings. The van der Waals surface area contributed by atoms with Gasteiger partial charge in [0, 0.05) is 0 Å². The highest BCUT2D eigenvalue weighted by atomic mass is 32.1. The number of hydrogen-bond acceptors (Lipinski definition) is 7. The Balaban J connectivity index is 1.80. The second kappa shape index (κ2) is 5.19. The van der Waals surface area contributed by atoms with Crippen molar-refractivity contribution in [1.82, 2.24) is 15.0 Å². The predicted molar refractivity (Wildman–Crippen MR) is 77.4 cm³/mol. The van der Waals surface area contributed by atoms with Crippen molar-refractivity contribution >= 4 is 38.4 Å². The molecule has 0 saturated carbocycles.